The van der Waals surface area contributed by atoms with Crippen LogP contribution in [0.2, 0.25) is 0 Å². The van der Waals surface area contributed by atoms with Gasteiger partial charge >= 0.3 is 6.18 Å². The molecule has 2 nitrogen and oxygen atoms in total. The molecule has 0 aliphatic carbocycles. The van der Waals surface area contributed by atoms with E-state index in [0.717, 1.165) is 23.4 Å². The van der Waals surface area contributed by atoms with Crippen LogP contribution >= 0.6 is 0 Å². The van der Waals surface area contributed by atoms with Gasteiger partial charge in [0.15, 0.2) is 5.82 Å². The first kappa shape index (κ1) is 14.3. The molecular weight excluding hydrogens is 289 g/mol. The maximum absolute atomic E-state index is 12.6. The maximum Gasteiger partial charge on any atom is 0.416 e. The van der Waals surface area contributed by atoms with Gasteiger partial charge in [-0.15, -0.1) is 0 Å². The van der Waals surface area contributed by atoms with Gasteiger partial charge in [-0.2, -0.15) is 13.2 Å². The Morgan fingerprint density at radius 3 is 2.05 bits per heavy atom. The molecule has 0 unspecified atom stereocenters. The Labute approximate surface area is 125 Å². The van der Waals surface area contributed by atoms with Crippen LogP contribution in [0.4, 0.5) is 13.2 Å². The van der Waals surface area contributed by atoms with E-state index in [0.29, 0.717) is 11.4 Å². The monoisotopic (exact) mass is 300 g/mol. The van der Waals surface area contributed by atoms with Gasteiger partial charge in [-0.1, -0.05) is 42.5 Å². The minimum absolute atomic E-state index is 0.398. The van der Waals surface area contributed by atoms with Crippen LogP contribution < -0.4 is 0 Å². The van der Waals surface area contributed by atoms with E-state index < -0.39 is 11.7 Å². The van der Waals surface area contributed by atoms with Crippen LogP contribution in [0.15, 0.2) is 66.9 Å². The van der Waals surface area contributed by atoms with Crippen LogP contribution in [0.3, 0.4) is 0 Å². The first-order chi connectivity index (χ1) is 10.5. The summed E-state index contributed by atoms with van der Waals surface area (Å²) in [6, 6.07) is 16.1. The zero-order valence-electron chi connectivity index (χ0n) is 11.4. The van der Waals surface area contributed by atoms with E-state index in [4.69, 9.17) is 0 Å². The van der Waals surface area contributed by atoms with Gasteiger partial charge in [0.2, 0.25) is 0 Å². The summed E-state index contributed by atoms with van der Waals surface area (Å²) < 4.78 is 37.7. The van der Waals surface area contributed by atoms with Crippen LogP contribution in [0, 0.1) is 0 Å². The highest BCUT2D eigenvalue weighted by Crippen LogP contribution is 2.30. The van der Waals surface area contributed by atoms with Crippen LogP contribution in [0.25, 0.3) is 22.6 Å². The molecule has 3 aromatic rings. The molecular formula is C17H11F3N2. The molecule has 5 heteroatoms. The smallest absolute Gasteiger partial charge is 0.237 e. The summed E-state index contributed by atoms with van der Waals surface area (Å²) in [6.07, 6.45) is -2.74. The number of nitrogens with zero attached hydrogens (tertiary/aromatic N) is 2. The van der Waals surface area contributed by atoms with E-state index >= 15 is 0 Å². The number of halogens is 3. The normalized spacial score (nSPS) is 11.4. The topological polar surface area (TPSA) is 25.8 Å². The molecule has 0 aliphatic rings. The van der Waals surface area contributed by atoms with Crippen molar-refractivity contribution >= 4 is 0 Å². The van der Waals surface area contributed by atoms with Crippen LogP contribution in [-0.2, 0) is 6.18 Å². The van der Waals surface area contributed by atoms with E-state index in [2.05, 4.69) is 9.97 Å². The van der Waals surface area contributed by atoms with Crippen molar-refractivity contribution in [2.45, 2.75) is 6.18 Å². The fourth-order valence-corrected chi connectivity index (χ4v) is 2.08. The van der Waals surface area contributed by atoms with E-state index in [1.54, 1.807) is 12.3 Å². The van der Waals surface area contributed by atoms with Gasteiger partial charge in [0.1, 0.15) is 0 Å². The minimum Gasteiger partial charge on any atom is -0.237 e. The number of hydrogen-bond acceptors (Lipinski definition) is 2. The molecule has 0 amide bonds. The number of alkyl halides is 3. The van der Waals surface area contributed by atoms with Crippen molar-refractivity contribution in [1.82, 2.24) is 9.97 Å². The van der Waals surface area contributed by atoms with Crippen LogP contribution in [0.1, 0.15) is 5.56 Å². The van der Waals surface area contributed by atoms with Crippen molar-refractivity contribution in [3.8, 4) is 22.6 Å². The molecule has 0 fully saturated rings. The second kappa shape index (κ2) is 5.60. The minimum atomic E-state index is -4.34. The summed E-state index contributed by atoms with van der Waals surface area (Å²) in [4.78, 5) is 8.55. The molecule has 110 valence electrons. The van der Waals surface area contributed by atoms with Crippen molar-refractivity contribution in [3.05, 3.63) is 72.4 Å². The lowest BCUT2D eigenvalue weighted by Gasteiger charge is -2.08. The van der Waals surface area contributed by atoms with Crippen LogP contribution in [-0.4, -0.2) is 9.97 Å². The quantitative estimate of drug-likeness (QED) is 0.677. The van der Waals surface area contributed by atoms with Crippen molar-refractivity contribution in [2.24, 2.45) is 0 Å². The second-order valence-electron chi connectivity index (χ2n) is 4.71. The third-order valence-corrected chi connectivity index (χ3v) is 3.20. The summed E-state index contributed by atoms with van der Waals surface area (Å²) in [7, 11) is 0. The maximum atomic E-state index is 12.6. The molecule has 22 heavy (non-hydrogen) atoms. The third kappa shape index (κ3) is 2.98. The molecule has 1 aromatic heterocycles. The Morgan fingerprint density at radius 2 is 1.41 bits per heavy atom. The number of aromatic nitrogens is 2. The van der Waals surface area contributed by atoms with Gasteiger partial charge in [-0.3, -0.25) is 0 Å². The summed E-state index contributed by atoms with van der Waals surface area (Å²) in [5, 5.41) is 0. The SMILES string of the molecule is FC(F)(F)c1ccc(-c2nccc(-c3ccccc3)n2)cc1. The highest BCUT2D eigenvalue weighted by atomic mass is 19.4. The van der Waals surface area contributed by atoms with E-state index in [1.165, 1.54) is 12.1 Å². The van der Waals surface area contributed by atoms with Gasteiger partial charge < -0.3 is 0 Å². The zero-order chi connectivity index (χ0) is 15.6. The largest absolute Gasteiger partial charge is 0.416 e. The Morgan fingerprint density at radius 1 is 0.727 bits per heavy atom. The van der Waals surface area contributed by atoms with E-state index in [1.807, 2.05) is 30.3 Å². The van der Waals surface area contributed by atoms with Crippen molar-refractivity contribution < 1.29 is 13.2 Å². The van der Waals surface area contributed by atoms with Gasteiger partial charge in [-0.05, 0) is 18.2 Å². The lowest BCUT2D eigenvalue weighted by atomic mass is 10.1. The summed E-state index contributed by atoms with van der Waals surface area (Å²) in [5.41, 5.74) is 1.52. The standard InChI is InChI=1S/C17H11F3N2/c18-17(19,20)14-8-6-13(7-9-14)16-21-11-10-15(22-16)12-4-2-1-3-5-12/h1-11H. The first-order valence-corrected chi connectivity index (χ1v) is 6.60. The average molecular weight is 300 g/mol. The molecule has 0 saturated heterocycles. The molecule has 0 bridgehead atoms. The van der Waals surface area contributed by atoms with Gasteiger partial charge in [0, 0.05) is 17.3 Å². The Balaban J connectivity index is 1.96. The summed E-state index contributed by atoms with van der Waals surface area (Å²) in [5.74, 6) is 0.398. The zero-order valence-corrected chi connectivity index (χ0v) is 11.4. The molecule has 0 saturated carbocycles. The highest BCUT2D eigenvalue weighted by molar-refractivity contribution is 5.63. The predicted molar refractivity (Wildman–Crippen MR) is 77.9 cm³/mol. The summed E-state index contributed by atoms with van der Waals surface area (Å²) >= 11 is 0. The van der Waals surface area contributed by atoms with Crippen LogP contribution in [0.5, 0.6) is 0 Å². The highest BCUT2D eigenvalue weighted by Gasteiger charge is 2.30. The number of rotatable bonds is 2. The third-order valence-electron chi connectivity index (χ3n) is 3.20. The fraction of sp³-hybridized carbons (Fsp3) is 0.0588. The van der Waals surface area contributed by atoms with Crippen molar-refractivity contribution in [2.75, 3.05) is 0 Å². The molecule has 3 rings (SSSR count). The van der Waals surface area contributed by atoms with Crippen molar-refractivity contribution in [3.63, 3.8) is 0 Å². The second-order valence-corrected chi connectivity index (χ2v) is 4.71. The van der Waals surface area contributed by atoms with Gasteiger partial charge in [0.25, 0.3) is 0 Å². The first-order valence-electron chi connectivity index (χ1n) is 6.60. The average Bonchev–Trinajstić information content (AvgIpc) is 2.55. The summed E-state index contributed by atoms with van der Waals surface area (Å²) in [6.45, 7) is 0. The molecule has 1 heterocycles. The lowest BCUT2D eigenvalue weighted by molar-refractivity contribution is -0.137. The molecule has 0 N–H and O–H groups in total. The molecule has 0 aliphatic heterocycles. The molecule has 0 atom stereocenters. The number of hydrogen-bond donors (Lipinski definition) is 0. The van der Waals surface area contributed by atoms with Crippen molar-refractivity contribution in [1.29, 1.82) is 0 Å². The van der Waals surface area contributed by atoms with E-state index in [-0.39, 0.29) is 0 Å². The fourth-order valence-electron chi connectivity index (χ4n) is 2.08. The molecule has 0 spiro atoms. The van der Waals surface area contributed by atoms with Gasteiger partial charge in [0.05, 0.1) is 11.3 Å². The van der Waals surface area contributed by atoms with Gasteiger partial charge in [-0.25, -0.2) is 9.97 Å². The predicted octanol–water partition coefficient (Wildman–Crippen LogP) is 4.83. The molecule has 2 aromatic carbocycles. The number of benzene rings is 2. The van der Waals surface area contributed by atoms with E-state index in [9.17, 15) is 13.2 Å². The molecule has 0 radical (unpaired) electrons. The Bertz CT molecular complexity index is 766. The Hall–Kier alpha value is -2.69. The Kier molecular flexibility index (Phi) is 3.63. The lowest BCUT2D eigenvalue weighted by Crippen LogP contribution is -2.04.